The van der Waals surface area contributed by atoms with Crippen LogP contribution in [0.15, 0.2) is 17.3 Å². The zero-order chi connectivity index (χ0) is 18.5. The van der Waals surface area contributed by atoms with Crippen LogP contribution in [0, 0.1) is 0 Å². The van der Waals surface area contributed by atoms with Crippen LogP contribution in [0.25, 0.3) is 0 Å². The molecule has 0 radical (unpaired) electrons. The van der Waals surface area contributed by atoms with Gasteiger partial charge in [-0.2, -0.15) is 18.3 Å². The number of likely N-dealkylation sites (tertiary alicyclic amines) is 1. The van der Waals surface area contributed by atoms with Crippen molar-refractivity contribution in [3.05, 3.63) is 12.2 Å². The molecule has 1 heterocycles. The molecule has 136 valence electrons. The van der Waals surface area contributed by atoms with Crippen molar-refractivity contribution in [1.29, 1.82) is 0 Å². The van der Waals surface area contributed by atoms with E-state index in [4.69, 9.17) is 4.74 Å². The fourth-order valence-electron chi connectivity index (χ4n) is 2.12. The van der Waals surface area contributed by atoms with E-state index in [1.54, 1.807) is 20.8 Å². The van der Waals surface area contributed by atoms with Gasteiger partial charge in [0.15, 0.2) is 5.71 Å². The zero-order valence-electron chi connectivity index (χ0n) is 14.1. The quantitative estimate of drug-likeness (QED) is 0.629. The number of hydrogen-bond donors (Lipinski definition) is 1. The molecule has 1 aliphatic rings. The summed E-state index contributed by atoms with van der Waals surface area (Å²) >= 11 is 0. The van der Waals surface area contributed by atoms with Crippen molar-refractivity contribution in [3.63, 3.8) is 0 Å². The van der Waals surface area contributed by atoms with E-state index in [1.165, 1.54) is 17.9 Å². The molecule has 1 saturated heterocycles. The minimum absolute atomic E-state index is 0.303. The summed E-state index contributed by atoms with van der Waals surface area (Å²) in [5, 5.41) is 3.12. The summed E-state index contributed by atoms with van der Waals surface area (Å²) in [7, 11) is 0. The van der Waals surface area contributed by atoms with Crippen molar-refractivity contribution in [2.45, 2.75) is 58.4 Å². The molecule has 0 aromatic carbocycles. The smallest absolute Gasteiger partial charge is 0.435 e. The van der Waals surface area contributed by atoms with Crippen molar-refractivity contribution in [2.24, 2.45) is 5.10 Å². The van der Waals surface area contributed by atoms with E-state index in [0.717, 1.165) is 6.08 Å². The highest BCUT2D eigenvalue weighted by molar-refractivity contribution is 6.00. The average molecular weight is 349 g/mol. The number of carbonyl (C=O) groups is 2. The number of allylic oxidation sites excluding steroid dienone is 2. The Hall–Kier alpha value is -2.06. The van der Waals surface area contributed by atoms with Crippen molar-refractivity contribution in [1.82, 2.24) is 10.3 Å². The van der Waals surface area contributed by atoms with Crippen LogP contribution in [-0.2, 0) is 9.53 Å². The summed E-state index contributed by atoms with van der Waals surface area (Å²) in [4.78, 5) is 25.4. The number of nitrogens with zero attached hydrogens (tertiary/aromatic N) is 2. The molecular weight excluding hydrogens is 327 g/mol. The number of carbonyl (C=O) groups excluding carboxylic acids is 2. The molecule has 0 unspecified atom stereocenters. The minimum Gasteiger partial charge on any atom is -0.444 e. The summed E-state index contributed by atoms with van der Waals surface area (Å²) in [5.74, 6) is -0.774. The SMILES string of the molecule is C/C=C\C(=N\NC(=O)[C@@H]1CCCN1C(=O)OC(C)(C)C)C(F)(F)F. The number of ether oxygens (including phenoxy) is 1. The summed E-state index contributed by atoms with van der Waals surface area (Å²) in [6, 6.07) is -0.899. The lowest BCUT2D eigenvalue weighted by Crippen LogP contribution is -2.46. The van der Waals surface area contributed by atoms with E-state index >= 15 is 0 Å². The van der Waals surface area contributed by atoms with Gasteiger partial charge in [0, 0.05) is 6.54 Å². The van der Waals surface area contributed by atoms with Crippen LogP contribution in [0.4, 0.5) is 18.0 Å². The molecule has 0 aliphatic carbocycles. The largest absolute Gasteiger partial charge is 0.444 e. The topological polar surface area (TPSA) is 71.0 Å². The molecule has 1 aliphatic heterocycles. The van der Waals surface area contributed by atoms with Gasteiger partial charge >= 0.3 is 12.3 Å². The van der Waals surface area contributed by atoms with Crippen LogP contribution in [-0.4, -0.2) is 47.0 Å². The van der Waals surface area contributed by atoms with Crippen molar-refractivity contribution >= 4 is 17.7 Å². The highest BCUT2D eigenvalue weighted by atomic mass is 19.4. The second kappa shape index (κ2) is 7.67. The molecule has 0 aromatic heterocycles. The first kappa shape index (κ1) is 20.0. The fourth-order valence-corrected chi connectivity index (χ4v) is 2.12. The molecule has 1 rings (SSSR count). The zero-order valence-corrected chi connectivity index (χ0v) is 14.1. The number of hydrazone groups is 1. The minimum atomic E-state index is -4.68. The monoisotopic (exact) mass is 349 g/mol. The third kappa shape index (κ3) is 5.86. The van der Waals surface area contributed by atoms with Crippen LogP contribution in [0.3, 0.4) is 0 Å². The van der Waals surface area contributed by atoms with Crippen LogP contribution >= 0.6 is 0 Å². The lowest BCUT2D eigenvalue weighted by atomic mass is 10.2. The Morgan fingerprint density at radius 2 is 1.92 bits per heavy atom. The third-order valence-electron chi connectivity index (χ3n) is 3.08. The number of rotatable bonds is 3. The van der Waals surface area contributed by atoms with Crippen molar-refractivity contribution in [3.8, 4) is 0 Å². The first-order valence-electron chi connectivity index (χ1n) is 7.52. The normalized spacial score (nSPS) is 19.7. The number of nitrogens with one attached hydrogen (secondary N) is 1. The highest BCUT2D eigenvalue weighted by Crippen LogP contribution is 2.21. The maximum atomic E-state index is 12.7. The first-order chi connectivity index (χ1) is 11.0. The predicted molar refractivity (Wildman–Crippen MR) is 82.4 cm³/mol. The van der Waals surface area contributed by atoms with E-state index in [-0.39, 0.29) is 0 Å². The van der Waals surface area contributed by atoms with Gasteiger partial charge in [0.05, 0.1) is 0 Å². The lowest BCUT2D eigenvalue weighted by Gasteiger charge is -2.27. The number of alkyl halides is 3. The summed E-state index contributed by atoms with van der Waals surface area (Å²) in [6.07, 6.45) is -2.54. The van der Waals surface area contributed by atoms with Gasteiger partial charge in [0.25, 0.3) is 5.91 Å². The van der Waals surface area contributed by atoms with E-state index in [0.29, 0.717) is 19.4 Å². The Balaban J connectivity index is 2.81. The molecule has 24 heavy (non-hydrogen) atoms. The van der Waals surface area contributed by atoms with E-state index < -0.39 is 35.5 Å². The van der Waals surface area contributed by atoms with Gasteiger partial charge < -0.3 is 4.74 Å². The Labute approximate surface area is 138 Å². The van der Waals surface area contributed by atoms with E-state index in [1.807, 2.05) is 5.43 Å². The van der Waals surface area contributed by atoms with Crippen LogP contribution < -0.4 is 5.43 Å². The van der Waals surface area contributed by atoms with Crippen LogP contribution in [0.2, 0.25) is 0 Å². The van der Waals surface area contributed by atoms with Gasteiger partial charge in [0.1, 0.15) is 11.6 Å². The first-order valence-corrected chi connectivity index (χ1v) is 7.52. The number of hydrogen-bond acceptors (Lipinski definition) is 4. The molecule has 1 N–H and O–H groups in total. The van der Waals surface area contributed by atoms with Gasteiger partial charge in [-0.3, -0.25) is 9.69 Å². The van der Waals surface area contributed by atoms with Crippen molar-refractivity contribution in [2.75, 3.05) is 6.54 Å². The Kier molecular flexibility index (Phi) is 6.39. The molecule has 0 bridgehead atoms. The standard InChI is InChI=1S/C15H22F3N3O3/c1-5-7-11(15(16,17)18)19-20-12(22)10-8-6-9-21(10)13(23)24-14(2,3)4/h5,7,10H,6,8-9H2,1-4H3,(H,20,22)/b7-5-,19-11-/t10-/m0/s1. The molecule has 0 aromatic rings. The number of halogens is 3. The van der Waals surface area contributed by atoms with Crippen LogP contribution in [0.1, 0.15) is 40.5 Å². The second-order valence-corrected chi connectivity index (χ2v) is 6.30. The Morgan fingerprint density at radius 1 is 1.29 bits per heavy atom. The molecule has 2 amide bonds. The molecule has 1 fully saturated rings. The predicted octanol–water partition coefficient (Wildman–Crippen LogP) is 3.00. The Morgan fingerprint density at radius 3 is 2.42 bits per heavy atom. The maximum absolute atomic E-state index is 12.7. The lowest BCUT2D eigenvalue weighted by molar-refractivity contribution is -0.125. The fraction of sp³-hybridized carbons (Fsp3) is 0.667. The van der Waals surface area contributed by atoms with Crippen LogP contribution in [0.5, 0.6) is 0 Å². The molecule has 0 spiro atoms. The van der Waals surface area contributed by atoms with E-state index in [9.17, 15) is 22.8 Å². The van der Waals surface area contributed by atoms with Gasteiger partial charge in [-0.25, -0.2) is 10.2 Å². The highest BCUT2D eigenvalue weighted by Gasteiger charge is 2.38. The molecule has 9 heteroatoms. The molecule has 0 saturated carbocycles. The summed E-state index contributed by atoms with van der Waals surface area (Å²) < 4.78 is 43.3. The van der Waals surface area contributed by atoms with Crippen molar-refractivity contribution < 1.29 is 27.5 Å². The third-order valence-corrected chi connectivity index (χ3v) is 3.08. The van der Waals surface area contributed by atoms with Gasteiger partial charge in [-0.15, -0.1) is 0 Å². The molecular formula is C15H22F3N3O3. The maximum Gasteiger partial charge on any atom is 0.435 e. The van der Waals surface area contributed by atoms with Gasteiger partial charge in [-0.1, -0.05) is 6.08 Å². The number of amides is 2. The Bertz CT molecular complexity index is 536. The molecule has 1 atom stereocenters. The van der Waals surface area contributed by atoms with Gasteiger partial charge in [0.2, 0.25) is 0 Å². The summed E-state index contributed by atoms with van der Waals surface area (Å²) in [5.41, 5.74) is -0.0579. The molecule has 6 nitrogen and oxygen atoms in total. The van der Waals surface area contributed by atoms with Gasteiger partial charge in [-0.05, 0) is 46.6 Å². The second-order valence-electron chi connectivity index (χ2n) is 6.30. The average Bonchev–Trinajstić information content (AvgIpc) is 2.89. The van der Waals surface area contributed by atoms with E-state index in [2.05, 4.69) is 5.10 Å². The summed E-state index contributed by atoms with van der Waals surface area (Å²) in [6.45, 7) is 6.77.